The van der Waals surface area contributed by atoms with Gasteiger partial charge in [0.25, 0.3) is 0 Å². The highest BCUT2D eigenvalue weighted by molar-refractivity contribution is 6.33. The highest BCUT2D eigenvalue weighted by Gasteiger charge is 2.40. The molecular formula is C39H36N10O6. The van der Waals surface area contributed by atoms with Gasteiger partial charge in [0.2, 0.25) is 53.4 Å². The molecule has 0 bridgehead atoms. The molecule has 0 saturated carbocycles. The van der Waals surface area contributed by atoms with Crippen LogP contribution >= 0.6 is 0 Å². The van der Waals surface area contributed by atoms with Crippen molar-refractivity contribution < 1.29 is 28.6 Å². The van der Waals surface area contributed by atoms with Crippen LogP contribution in [0.5, 0.6) is 0 Å². The number of hydrogen-bond acceptors (Lipinski definition) is 16. The van der Waals surface area contributed by atoms with E-state index in [2.05, 4.69) is 0 Å². The zero-order valence-corrected chi connectivity index (χ0v) is 30.2. The van der Waals surface area contributed by atoms with E-state index in [-0.39, 0.29) is 73.2 Å². The van der Waals surface area contributed by atoms with E-state index in [9.17, 15) is 14.4 Å². The van der Waals surface area contributed by atoms with Gasteiger partial charge in [-0.1, -0.05) is 54.6 Å². The van der Waals surface area contributed by atoms with Crippen molar-refractivity contribution in [3.63, 3.8) is 0 Å². The van der Waals surface area contributed by atoms with Crippen molar-refractivity contribution in [2.45, 2.75) is 20.8 Å². The number of aldehydes is 3. The minimum atomic E-state index is 0.0304. The normalized spacial score (nSPS) is 15.1. The first-order chi connectivity index (χ1) is 27.0. The minimum Gasteiger partial charge on any atom is -0.479 e. The minimum absolute atomic E-state index is 0.0304. The average Bonchev–Trinajstić information content (AvgIpc) is 3.20. The van der Waals surface area contributed by atoms with Crippen molar-refractivity contribution in [3.05, 3.63) is 127 Å². The monoisotopic (exact) mass is 740 g/mol. The Morgan fingerprint density at radius 3 is 0.982 bits per heavy atom. The number of ether oxygens (including phenoxy) is 3. The van der Waals surface area contributed by atoms with E-state index < -0.39 is 0 Å². The number of hydrogen-bond donors (Lipinski definition) is 0. The van der Waals surface area contributed by atoms with Crippen LogP contribution in [0.4, 0.5) is 17.1 Å². The second-order valence-corrected chi connectivity index (χ2v) is 11.0. The highest BCUT2D eigenvalue weighted by Crippen LogP contribution is 2.30. The van der Waals surface area contributed by atoms with Crippen LogP contribution < -0.4 is 14.7 Å². The van der Waals surface area contributed by atoms with Crippen molar-refractivity contribution in [1.82, 2.24) is 4.90 Å². The van der Waals surface area contributed by atoms with E-state index >= 15 is 0 Å². The largest absolute Gasteiger partial charge is 0.479 e. The van der Waals surface area contributed by atoms with Crippen molar-refractivity contribution >= 4 is 71.7 Å². The third kappa shape index (κ3) is 8.12. The molecule has 3 aliphatic heterocycles. The summed E-state index contributed by atoms with van der Waals surface area (Å²) in [5, 5.41) is 0. The van der Waals surface area contributed by atoms with Crippen LogP contribution in [-0.4, -0.2) is 79.3 Å². The molecule has 3 aliphatic rings. The third-order valence-corrected chi connectivity index (χ3v) is 7.61. The average molecular weight is 741 g/mol. The molecule has 0 N–H and O–H groups in total. The van der Waals surface area contributed by atoms with Gasteiger partial charge in [-0.2, -0.15) is 30.0 Å². The lowest BCUT2D eigenvalue weighted by Gasteiger charge is -2.36. The number of allylic oxidation sites excluding steroid dienone is 3. The number of rotatable bonds is 15. The van der Waals surface area contributed by atoms with Crippen LogP contribution in [0.1, 0.15) is 20.8 Å². The predicted molar refractivity (Wildman–Crippen MR) is 211 cm³/mol. The van der Waals surface area contributed by atoms with E-state index in [4.69, 9.17) is 44.2 Å². The molecule has 0 amide bonds. The second kappa shape index (κ2) is 17.8. The Morgan fingerprint density at radius 2 is 0.745 bits per heavy atom. The number of aliphatic imine (C=N–C) groups is 6. The van der Waals surface area contributed by atoms with E-state index in [1.54, 1.807) is 71.9 Å². The number of benzene rings is 3. The van der Waals surface area contributed by atoms with Gasteiger partial charge in [0, 0.05) is 18.2 Å². The summed E-state index contributed by atoms with van der Waals surface area (Å²) < 4.78 is 17.8. The van der Waals surface area contributed by atoms with Crippen LogP contribution in [0.15, 0.2) is 157 Å². The number of carbonyl (C=O) groups excluding carboxylic acids is 3. The summed E-state index contributed by atoms with van der Waals surface area (Å²) in [5.41, 5.74) is 1.70. The first-order valence-electron chi connectivity index (χ1n) is 17.3. The molecule has 0 spiro atoms. The Morgan fingerprint density at radius 1 is 0.473 bits per heavy atom. The molecule has 6 rings (SSSR count). The van der Waals surface area contributed by atoms with Crippen LogP contribution in [0, 0.1) is 0 Å². The van der Waals surface area contributed by atoms with Gasteiger partial charge in [-0.3, -0.25) is 14.4 Å². The van der Waals surface area contributed by atoms with Gasteiger partial charge in [0.05, 0.1) is 36.9 Å². The molecule has 0 saturated heterocycles. The van der Waals surface area contributed by atoms with Gasteiger partial charge >= 0.3 is 0 Å². The zero-order chi connectivity index (χ0) is 38.6. The van der Waals surface area contributed by atoms with Gasteiger partial charge in [-0.25, -0.2) is 19.6 Å². The van der Waals surface area contributed by atoms with E-state index in [0.717, 1.165) is 0 Å². The van der Waals surface area contributed by atoms with Crippen molar-refractivity contribution in [1.29, 1.82) is 0 Å². The van der Waals surface area contributed by atoms with E-state index in [0.29, 0.717) is 35.9 Å². The topological polar surface area (TPSA) is 166 Å². The SMILES string of the molecule is CCOC(=CC=O)N(C1=NC2=NC(N(C(=CC=O)OCC)c3ccccc3)=NC3=NC(N(C(=CC=O)OCC)c4ccccc4)=NC(=N1)N23)c1ccccc1. The molecule has 16 heteroatoms. The molecule has 0 aliphatic carbocycles. The lowest BCUT2D eigenvalue weighted by Crippen LogP contribution is -2.52. The molecular weight excluding hydrogens is 704 g/mol. The van der Waals surface area contributed by atoms with Gasteiger partial charge in [-0.15, -0.1) is 0 Å². The molecule has 16 nitrogen and oxygen atoms in total. The molecule has 0 unspecified atom stereocenters. The summed E-state index contributed by atoms with van der Waals surface area (Å²) in [7, 11) is 0. The Hall–Kier alpha value is -7.49. The van der Waals surface area contributed by atoms with Crippen molar-refractivity contribution in [3.8, 4) is 0 Å². The van der Waals surface area contributed by atoms with Gasteiger partial charge in [-0.05, 0) is 57.2 Å². The maximum absolute atomic E-state index is 11.9. The molecule has 278 valence electrons. The standard InChI is InChI=1S/C39H36N10O6/c1-4-53-31(22-25-50)46(28-16-10-7-11-17-28)34-40-37-42-35(47(29-18-12-8-13-19-29)32(23-26-51)54-5-2)44-39-45-36(43-38(41-34)49(37)39)48(30-20-14-9-15-21-30)33(24-27-52)55-6-3/h7-27H,4-6H2,1-3H3. The fraction of sp³-hybridized carbons (Fsp3) is 0.154. The number of nitrogens with zero attached hydrogens (tertiary/aromatic N) is 10. The van der Waals surface area contributed by atoms with Gasteiger partial charge in [0.1, 0.15) is 18.9 Å². The van der Waals surface area contributed by atoms with Gasteiger partial charge in [0.15, 0.2) is 0 Å². The van der Waals surface area contributed by atoms with E-state index in [1.807, 2.05) is 54.6 Å². The third-order valence-electron chi connectivity index (χ3n) is 7.61. The van der Waals surface area contributed by atoms with Crippen LogP contribution in [0.3, 0.4) is 0 Å². The van der Waals surface area contributed by atoms with Crippen LogP contribution in [0.2, 0.25) is 0 Å². The Labute approximate surface area is 316 Å². The summed E-state index contributed by atoms with van der Waals surface area (Å²) >= 11 is 0. The smallest absolute Gasteiger partial charge is 0.246 e. The fourth-order valence-corrected chi connectivity index (χ4v) is 5.49. The summed E-state index contributed by atoms with van der Waals surface area (Å²) in [6.07, 6.45) is 5.59. The predicted octanol–water partition coefficient (Wildman–Crippen LogP) is 5.22. The summed E-state index contributed by atoms with van der Waals surface area (Å²) in [4.78, 5) is 71.0. The molecule has 3 heterocycles. The quantitative estimate of drug-likeness (QED) is 0.115. The van der Waals surface area contributed by atoms with Crippen LogP contribution in [-0.2, 0) is 28.6 Å². The Kier molecular flexibility index (Phi) is 12.1. The molecule has 3 aromatic carbocycles. The maximum Gasteiger partial charge on any atom is 0.246 e. The fourth-order valence-electron chi connectivity index (χ4n) is 5.49. The molecule has 0 fully saturated rings. The second-order valence-electron chi connectivity index (χ2n) is 11.0. The Balaban J connectivity index is 1.65. The lowest BCUT2D eigenvalue weighted by molar-refractivity contribution is -0.105. The summed E-state index contributed by atoms with van der Waals surface area (Å²) in [6, 6.07) is 27.3. The number of guanidine groups is 6. The molecule has 0 atom stereocenters. The summed E-state index contributed by atoms with van der Waals surface area (Å²) in [5.74, 6) is 0.614. The number of anilines is 3. The molecule has 0 aromatic heterocycles. The number of carbonyl (C=O) groups is 3. The van der Waals surface area contributed by atoms with Crippen molar-refractivity contribution in [2.24, 2.45) is 30.0 Å². The van der Waals surface area contributed by atoms with Gasteiger partial charge < -0.3 is 14.2 Å². The van der Waals surface area contributed by atoms with Crippen molar-refractivity contribution in [2.75, 3.05) is 34.5 Å². The Bertz CT molecular complexity index is 1930. The summed E-state index contributed by atoms with van der Waals surface area (Å²) in [6.45, 7) is 6.03. The first-order valence-corrected chi connectivity index (χ1v) is 17.3. The molecule has 55 heavy (non-hydrogen) atoms. The zero-order valence-electron chi connectivity index (χ0n) is 30.2. The van der Waals surface area contributed by atoms with Crippen LogP contribution in [0.25, 0.3) is 0 Å². The molecule has 0 radical (unpaired) electrons. The highest BCUT2D eigenvalue weighted by atomic mass is 16.5. The molecule has 3 aromatic rings. The first kappa shape index (κ1) is 37.3. The van der Waals surface area contributed by atoms with E-state index in [1.165, 1.54) is 23.1 Å². The maximum atomic E-state index is 11.9. The lowest BCUT2D eigenvalue weighted by atomic mass is 10.3. The number of para-hydroxylation sites is 3.